The summed E-state index contributed by atoms with van der Waals surface area (Å²) in [5.74, 6) is 0.210. The largest absolute Gasteiger partial charge is 0.270 e. The Morgan fingerprint density at radius 1 is 1.77 bits per heavy atom. The van der Waals surface area contributed by atoms with Gasteiger partial charge in [-0.15, -0.1) is 0 Å². The first kappa shape index (κ1) is 8.31. The maximum absolute atomic E-state index is 8.80. The van der Waals surface area contributed by atoms with Gasteiger partial charge in [-0.25, -0.2) is 0 Å². The quantitative estimate of drug-likeness (QED) is 0.649. The van der Waals surface area contributed by atoms with Crippen molar-refractivity contribution in [1.82, 2.24) is 9.78 Å². The van der Waals surface area contributed by atoms with Crippen LogP contribution in [-0.4, -0.2) is 9.78 Å². The molecule has 68 valence electrons. The summed E-state index contributed by atoms with van der Waals surface area (Å²) < 4.78 is 2.04. The van der Waals surface area contributed by atoms with Crippen molar-refractivity contribution >= 4 is 0 Å². The molecule has 0 fully saturated rings. The van der Waals surface area contributed by atoms with Crippen molar-refractivity contribution in [3.05, 3.63) is 17.5 Å². The summed E-state index contributed by atoms with van der Waals surface area (Å²) in [6.07, 6.45) is 4.82. The van der Waals surface area contributed by atoms with Crippen molar-refractivity contribution in [1.29, 1.82) is 5.26 Å². The molecule has 0 unspecified atom stereocenters. The molecule has 1 aliphatic rings. The van der Waals surface area contributed by atoms with E-state index in [9.17, 15) is 0 Å². The molecule has 0 saturated heterocycles. The first-order valence-electron chi connectivity index (χ1n) is 4.78. The third-order valence-corrected chi connectivity index (χ3v) is 2.71. The summed E-state index contributed by atoms with van der Waals surface area (Å²) in [4.78, 5) is 0. The fourth-order valence-corrected chi connectivity index (χ4v) is 1.97. The normalized spacial score (nSPS) is 20.8. The van der Waals surface area contributed by atoms with Crippen LogP contribution in [0, 0.1) is 17.2 Å². The van der Waals surface area contributed by atoms with Gasteiger partial charge in [0.05, 0.1) is 18.2 Å². The van der Waals surface area contributed by atoms with Crippen molar-refractivity contribution in [3.63, 3.8) is 0 Å². The molecule has 1 aliphatic carbocycles. The third-order valence-electron chi connectivity index (χ3n) is 2.71. The first-order chi connectivity index (χ1) is 6.35. The van der Waals surface area contributed by atoms with E-state index in [1.165, 1.54) is 11.3 Å². The van der Waals surface area contributed by atoms with Crippen LogP contribution >= 0.6 is 0 Å². The fraction of sp³-hybridized carbons (Fsp3) is 0.600. The zero-order valence-corrected chi connectivity index (χ0v) is 7.82. The third kappa shape index (κ3) is 1.33. The van der Waals surface area contributed by atoms with E-state index in [2.05, 4.69) is 18.1 Å². The molecule has 0 saturated carbocycles. The number of rotatable bonds is 1. The number of aryl methyl sites for hydroxylation is 1. The van der Waals surface area contributed by atoms with E-state index in [1.54, 1.807) is 0 Å². The lowest BCUT2D eigenvalue weighted by Gasteiger charge is -2.16. The molecule has 1 heterocycles. The second kappa shape index (κ2) is 3.21. The van der Waals surface area contributed by atoms with Crippen LogP contribution in [0.4, 0.5) is 0 Å². The van der Waals surface area contributed by atoms with Crippen molar-refractivity contribution in [2.45, 2.75) is 32.7 Å². The molecule has 0 N–H and O–H groups in total. The van der Waals surface area contributed by atoms with Crippen molar-refractivity contribution in [2.75, 3.05) is 0 Å². The van der Waals surface area contributed by atoms with Crippen LogP contribution in [0.2, 0.25) is 0 Å². The zero-order chi connectivity index (χ0) is 9.26. The average Bonchev–Trinajstić information content (AvgIpc) is 2.59. The van der Waals surface area contributed by atoms with Gasteiger partial charge < -0.3 is 0 Å². The summed E-state index contributed by atoms with van der Waals surface area (Å²) >= 11 is 0. The highest BCUT2D eigenvalue weighted by molar-refractivity contribution is 5.23. The van der Waals surface area contributed by atoms with Crippen molar-refractivity contribution < 1.29 is 0 Å². The van der Waals surface area contributed by atoms with Gasteiger partial charge >= 0.3 is 0 Å². The molecule has 1 aromatic heterocycles. The van der Waals surface area contributed by atoms with Crippen molar-refractivity contribution in [2.24, 2.45) is 5.92 Å². The molecule has 0 aromatic carbocycles. The minimum Gasteiger partial charge on any atom is -0.270 e. The second-order valence-corrected chi connectivity index (χ2v) is 3.50. The Balaban J connectivity index is 2.29. The monoisotopic (exact) mass is 175 g/mol. The van der Waals surface area contributed by atoms with Gasteiger partial charge in [-0.3, -0.25) is 4.68 Å². The standard InChI is InChI=1S/C10H13N3/c1-2-13-10-4-3-8(6-11)5-9(10)7-12-13/h7-8H,2-5H2,1H3/t8-/m0/s1. The molecule has 2 rings (SSSR count). The van der Waals surface area contributed by atoms with Crippen LogP contribution in [0.1, 0.15) is 24.6 Å². The van der Waals surface area contributed by atoms with E-state index in [0.29, 0.717) is 0 Å². The van der Waals surface area contributed by atoms with Crippen LogP contribution in [0.25, 0.3) is 0 Å². The lowest BCUT2D eigenvalue weighted by atomic mass is 9.89. The Kier molecular flexibility index (Phi) is 2.05. The lowest BCUT2D eigenvalue weighted by Crippen LogP contribution is -2.14. The molecule has 0 amide bonds. The highest BCUT2D eigenvalue weighted by Crippen LogP contribution is 2.24. The molecule has 0 aliphatic heterocycles. The second-order valence-electron chi connectivity index (χ2n) is 3.50. The molecule has 1 atom stereocenters. The molecule has 3 heteroatoms. The van der Waals surface area contributed by atoms with E-state index in [0.717, 1.165) is 25.8 Å². The highest BCUT2D eigenvalue weighted by atomic mass is 15.3. The van der Waals surface area contributed by atoms with Gasteiger partial charge in [-0.1, -0.05) is 0 Å². The number of hydrogen-bond donors (Lipinski definition) is 0. The number of nitrogens with zero attached hydrogens (tertiary/aromatic N) is 3. The summed E-state index contributed by atoms with van der Waals surface area (Å²) in [5.41, 5.74) is 2.62. The smallest absolute Gasteiger partial charge is 0.0659 e. The predicted molar refractivity (Wildman–Crippen MR) is 49.0 cm³/mol. The van der Waals surface area contributed by atoms with E-state index >= 15 is 0 Å². The van der Waals surface area contributed by atoms with Gasteiger partial charge in [0, 0.05) is 12.2 Å². The highest BCUT2D eigenvalue weighted by Gasteiger charge is 2.21. The maximum Gasteiger partial charge on any atom is 0.0659 e. The average molecular weight is 175 g/mol. The molecular formula is C10H13N3. The van der Waals surface area contributed by atoms with Crippen LogP contribution < -0.4 is 0 Å². The Bertz CT molecular complexity index is 346. The molecule has 3 nitrogen and oxygen atoms in total. The van der Waals surface area contributed by atoms with Crippen LogP contribution in [0.5, 0.6) is 0 Å². The van der Waals surface area contributed by atoms with E-state index in [-0.39, 0.29) is 5.92 Å². The van der Waals surface area contributed by atoms with Crippen LogP contribution in [-0.2, 0) is 19.4 Å². The lowest BCUT2D eigenvalue weighted by molar-refractivity contribution is 0.525. The Morgan fingerprint density at radius 3 is 3.31 bits per heavy atom. The summed E-state index contributed by atoms with van der Waals surface area (Å²) in [6.45, 7) is 3.04. The Morgan fingerprint density at radius 2 is 2.62 bits per heavy atom. The molecular weight excluding hydrogens is 162 g/mol. The predicted octanol–water partition coefficient (Wildman–Crippen LogP) is 1.53. The number of nitriles is 1. The fourth-order valence-electron chi connectivity index (χ4n) is 1.97. The summed E-state index contributed by atoms with van der Waals surface area (Å²) in [5, 5.41) is 13.1. The zero-order valence-electron chi connectivity index (χ0n) is 7.82. The van der Waals surface area contributed by atoms with Gasteiger partial charge in [-0.2, -0.15) is 10.4 Å². The number of hydrogen-bond acceptors (Lipinski definition) is 2. The maximum atomic E-state index is 8.80. The van der Waals surface area contributed by atoms with Crippen molar-refractivity contribution in [3.8, 4) is 6.07 Å². The Labute approximate surface area is 78.0 Å². The summed E-state index contributed by atoms with van der Waals surface area (Å²) in [7, 11) is 0. The summed E-state index contributed by atoms with van der Waals surface area (Å²) in [6, 6.07) is 2.34. The molecule has 0 bridgehead atoms. The van der Waals surface area contributed by atoms with Gasteiger partial charge in [0.25, 0.3) is 0 Å². The van der Waals surface area contributed by atoms with Gasteiger partial charge in [0.2, 0.25) is 0 Å². The number of aromatic nitrogens is 2. The molecule has 0 radical (unpaired) electrons. The SMILES string of the molecule is CCn1ncc2c1CC[C@H](C#N)C2. The molecule has 0 spiro atoms. The van der Waals surface area contributed by atoms with E-state index in [1.807, 2.05) is 10.9 Å². The number of fused-ring (bicyclic) bond motifs is 1. The topological polar surface area (TPSA) is 41.6 Å². The van der Waals surface area contributed by atoms with Gasteiger partial charge in [0.15, 0.2) is 0 Å². The van der Waals surface area contributed by atoms with Gasteiger partial charge in [0.1, 0.15) is 0 Å². The molecule has 1 aromatic rings. The molecule has 13 heavy (non-hydrogen) atoms. The Hall–Kier alpha value is -1.30. The minimum atomic E-state index is 0.210. The van der Waals surface area contributed by atoms with Crippen LogP contribution in [0.15, 0.2) is 6.20 Å². The van der Waals surface area contributed by atoms with E-state index < -0.39 is 0 Å². The van der Waals surface area contributed by atoms with Gasteiger partial charge in [-0.05, 0) is 31.7 Å². The van der Waals surface area contributed by atoms with Crippen LogP contribution in [0.3, 0.4) is 0 Å². The van der Waals surface area contributed by atoms with E-state index in [4.69, 9.17) is 5.26 Å². The first-order valence-corrected chi connectivity index (χ1v) is 4.78. The minimum absolute atomic E-state index is 0.210.